The minimum Gasteiger partial charge on any atom is -0.207 e. The van der Waals surface area contributed by atoms with E-state index in [9.17, 15) is 4.39 Å². The van der Waals surface area contributed by atoms with Crippen molar-refractivity contribution in [3.05, 3.63) is 47.3 Å². The first-order chi connectivity index (χ1) is 6.15. The molecule has 0 aliphatic carbocycles. The van der Waals surface area contributed by atoms with Crippen LogP contribution in [0.5, 0.6) is 0 Å². The van der Waals surface area contributed by atoms with E-state index in [0.717, 1.165) is 29.5 Å². The fourth-order valence-corrected chi connectivity index (χ4v) is 1.51. The topological polar surface area (TPSA) is 0 Å². The van der Waals surface area contributed by atoms with Gasteiger partial charge in [-0.3, -0.25) is 0 Å². The first-order valence-corrected chi connectivity index (χ1v) is 4.51. The zero-order chi connectivity index (χ0) is 9.84. The summed E-state index contributed by atoms with van der Waals surface area (Å²) in [5.41, 5.74) is 2.85. The molecule has 1 heteroatoms. The molecule has 0 atom stereocenters. The van der Waals surface area contributed by atoms with Gasteiger partial charge in [0.15, 0.2) is 0 Å². The molecule has 0 N–H and O–H groups in total. The van der Waals surface area contributed by atoms with Gasteiger partial charge in [0.25, 0.3) is 0 Å². The second-order valence-electron chi connectivity index (χ2n) is 3.37. The molecule has 1 rings (SSSR count). The maximum absolute atomic E-state index is 13.4. The lowest BCUT2D eigenvalue weighted by Gasteiger charge is -2.06. The first-order valence-electron chi connectivity index (χ1n) is 4.51. The summed E-state index contributed by atoms with van der Waals surface area (Å²) in [4.78, 5) is 0. The number of halogens is 1. The van der Waals surface area contributed by atoms with Gasteiger partial charge in [0.05, 0.1) is 0 Å². The van der Waals surface area contributed by atoms with E-state index in [1.165, 1.54) is 0 Å². The lowest BCUT2D eigenvalue weighted by Crippen LogP contribution is -1.95. The van der Waals surface area contributed by atoms with E-state index in [1.54, 1.807) is 6.07 Å². The van der Waals surface area contributed by atoms with Crippen molar-refractivity contribution in [2.45, 2.75) is 26.7 Å². The van der Waals surface area contributed by atoms with Crippen molar-refractivity contribution < 1.29 is 4.39 Å². The molecule has 0 spiro atoms. The lowest BCUT2D eigenvalue weighted by atomic mass is 10.0. The van der Waals surface area contributed by atoms with E-state index in [1.807, 2.05) is 26.0 Å². The molecule has 0 unspecified atom stereocenters. The van der Waals surface area contributed by atoms with Crippen LogP contribution in [0, 0.1) is 19.7 Å². The number of allylic oxidation sites excluding steroid dienone is 1. The van der Waals surface area contributed by atoms with E-state index >= 15 is 0 Å². The smallest absolute Gasteiger partial charge is 0.126 e. The highest BCUT2D eigenvalue weighted by molar-refractivity contribution is 5.32. The quantitative estimate of drug-likeness (QED) is 0.621. The van der Waals surface area contributed by atoms with E-state index in [2.05, 4.69) is 6.58 Å². The van der Waals surface area contributed by atoms with Crippen molar-refractivity contribution in [2.75, 3.05) is 0 Å². The lowest BCUT2D eigenvalue weighted by molar-refractivity contribution is 0.606. The van der Waals surface area contributed by atoms with Crippen LogP contribution in [0.3, 0.4) is 0 Å². The number of hydrogen-bond acceptors (Lipinski definition) is 0. The maximum atomic E-state index is 13.4. The van der Waals surface area contributed by atoms with Gasteiger partial charge in [-0.1, -0.05) is 12.1 Å². The van der Waals surface area contributed by atoms with E-state index in [0.29, 0.717) is 0 Å². The van der Waals surface area contributed by atoms with Crippen LogP contribution in [0.2, 0.25) is 0 Å². The number of hydrogen-bond donors (Lipinski definition) is 0. The zero-order valence-corrected chi connectivity index (χ0v) is 8.23. The Morgan fingerprint density at radius 1 is 1.38 bits per heavy atom. The van der Waals surface area contributed by atoms with Crippen molar-refractivity contribution in [1.82, 2.24) is 0 Å². The molecule has 0 aromatic heterocycles. The summed E-state index contributed by atoms with van der Waals surface area (Å²) in [5.74, 6) is -0.0839. The van der Waals surface area contributed by atoms with Crippen LogP contribution >= 0.6 is 0 Å². The minimum absolute atomic E-state index is 0.0839. The van der Waals surface area contributed by atoms with Gasteiger partial charge in [-0.15, -0.1) is 6.58 Å². The Hall–Kier alpha value is -1.11. The van der Waals surface area contributed by atoms with Crippen molar-refractivity contribution in [1.29, 1.82) is 0 Å². The van der Waals surface area contributed by atoms with Crippen molar-refractivity contribution in [2.24, 2.45) is 0 Å². The third kappa shape index (κ3) is 2.41. The summed E-state index contributed by atoms with van der Waals surface area (Å²) in [7, 11) is 0. The molecule has 13 heavy (non-hydrogen) atoms. The van der Waals surface area contributed by atoms with Gasteiger partial charge in [0, 0.05) is 0 Å². The molecule has 0 aliphatic rings. The Labute approximate surface area is 79.1 Å². The average Bonchev–Trinajstić information content (AvgIpc) is 2.02. The summed E-state index contributed by atoms with van der Waals surface area (Å²) in [6.45, 7) is 7.49. The number of aryl methyl sites for hydroxylation is 2. The van der Waals surface area contributed by atoms with E-state index in [4.69, 9.17) is 0 Å². The van der Waals surface area contributed by atoms with Gasteiger partial charge in [-0.05, 0) is 49.4 Å². The Morgan fingerprint density at radius 2 is 2.08 bits per heavy atom. The molecule has 1 aromatic rings. The number of rotatable bonds is 3. The summed E-state index contributed by atoms with van der Waals surface area (Å²) in [5, 5.41) is 0. The van der Waals surface area contributed by atoms with Crippen LogP contribution in [0.4, 0.5) is 4.39 Å². The van der Waals surface area contributed by atoms with E-state index in [-0.39, 0.29) is 5.82 Å². The summed E-state index contributed by atoms with van der Waals surface area (Å²) < 4.78 is 13.4. The predicted octanol–water partition coefficient (Wildman–Crippen LogP) is 3.56. The Bertz CT molecular complexity index is 290. The van der Waals surface area contributed by atoms with Crippen molar-refractivity contribution in [3.8, 4) is 0 Å². The SMILES string of the molecule is C=CCCc1c(C)cc(C)cc1F. The second-order valence-corrected chi connectivity index (χ2v) is 3.37. The van der Waals surface area contributed by atoms with Gasteiger partial charge >= 0.3 is 0 Å². The monoisotopic (exact) mass is 178 g/mol. The third-order valence-electron chi connectivity index (χ3n) is 2.16. The molecule has 0 saturated carbocycles. The molecule has 0 amide bonds. The molecular weight excluding hydrogens is 163 g/mol. The summed E-state index contributed by atoms with van der Waals surface area (Å²) in [6, 6.07) is 3.60. The molecule has 1 aromatic carbocycles. The van der Waals surface area contributed by atoms with Crippen molar-refractivity contribution in [3.63, 3.8) is 0 Å². The van der Waals surface area contributed by atoms with Gasteiger partial charge in [-0.2, -0.15) is 0 Å². The fraction of sp³-hybridized carbons (Fsp3) is 0.333. The molecule has 0 saturated heterocycles. The van der Waals surface area contributed by atoms with Gasteiger partial charge in [0.1, 0.15) is 5.82 Å². The largest absolute Gasteiger partial charge is 0.207 e. The Kier molecular flexibility index (Phi) is 3.24. The van der Waals surface area contributed by atoms with Crippen LogP contribution in [-0.4, -0.2) is 0 Å². The second kappa shape index (κ2) is 4.22. The van der Waals surface area contributed by atoms with Crippen LogP contribution in [-0.2, 0) is 6.42 Å². The molecule has 0 fully saturated rings. The highest BCUT2D eigenvalue weighted by Crippen LogP contribution is 2.17. The summed E-state index contributed by atoms with van der Waals surface area (Å²) >= 11 is 0. The van der Waals surface area contributed by atoms with Gasteiger partial charge in [0.2, 0.25) is 0 Å². The molecular formula is C12H15F. The molecule has 0 nitrogen and oxygen atoms in total. The van der Waals surface area contributed by atoms with Crippen LogP contribution in [0.1, 0.15) is 23.1 Å². The molecule has 0 heterocycles. The zero-order valence-electron chi connectivity index (χ0n) is 8.23. The fourth-order valence-electron chi connectivity index (χ4n) is 1.51. The number of benzene rings is 1. The first kappa shape index (κ1) is 9.97. The standard InChI is InChI=1S/C12H15F/c1-4-5-6-11-10(3)7-9(2)8-12(11)13/h4,7-8H,1,5-6H2,2-3H3. The average molecular weight is 178 g/mol. The van der Waals surface area contributed by atoms with Crippen LogP contribution in [0.25, 0.3) is 0 Å². The highest BCUT2D eigenvalue weighted by Gasteiger charge is 2.05. The normalized spacial score (nSPS) is 10.1. The van der Waals surface area contributed by atoms with E-state index < -0.39 is 0 Å². The Balaban J connectivity index is 2.98. The predicted molar refractivity (Wildman–Crippen MR) is 54.4 cm³/mol. The van der Waals surface area contributed by atoms with Crippen LogP contribution in [0.15, 0.2) is 24.8 Å². The Morgan fingerprint density at radius 3 is 2.62 bits per heavy atom. The van der Waals surface area contributed by atoms with Crippen LogP contribution < -0.4 is 0 Å². The molecule has 0 radical (unpaired) electrons. The third-order valence-corrected chi connectivity index (χ3v) is 2.16. The molecule has 0 bridgehead atoms. The maximum Gasteiger partial charge on any atom is 0.126 e. The van der Waals surface area contributed by atoms with Crippen molar-refractivity contribution >= 4 is 0 Å². The highest BCUT2D eigenvalue weighted by atomic mass is 19.1. The minimum atomic E-state index is -0.0839. The summed E-state index contributed by atoms with van der Waals surface area (Å²) in [6.07, 6.45) is 3.40. The molecule has 0 aliphatic heterocycles. The van der Waals surface area contributed by atoms with Gasteiger partial charge in [-0.25, -0.2) is 4.39 Å². The molecule has 70 valence electrons. The van der Waals surface area contributed by atoms with Gasteiger partial charge < -0.3 is 0 Å².